The maximum Gasteiger partial charge on any atom is 0.233 e. The number of rotatable bonds is 8. The predicted molar refractivity (Wildman–Crippen MR) is 111 cm³/mol. The first-order valence-electron chi connectivity index (χ1n) is 8.93. The van der Waals surface area contributed by atoms with Crippen LogP contribution in [0.25, 0.3) is 6.08 Å². The molecule has 0 saturated heterocycles. The Bertz CT molecular complexity index is 917. The summed E-state index contributed by atoms with van der Waals surface area (Å²) < 4.78 is 26.5. The van der Waals surface area contributed by atoms with E-state index in [0.29, 0.717) is 0 Å². The van der Waals surface area contributed by atoms with Crippen LogP contribution in [0.15, 0.2) is 47.9 Å². The van der Waals surface area contributed by atoms with E-state index in [-0.39, 0.29) is 18.9 Å². The fraction of sp³-hybridized carbons (Fsp3) is 0.286. The zero-order valence-corrected chi connectivity index (χ0v) is 16.8. The lowest BCUT2D eigenvalue weighted by Gasteiger charge is -2.13. The van der Waals surface area contributed by atoms with E-state index in [2.05, 4.69) is 10.0 Å². The number of hydrogen-bond donors (Lipinski definition) is 2. The van der Waals surface area contributed by atoms with Gasteiger partial charge in [-0.15, -0.1) is 0 Å². The quantitative estimate of drug-likeness (QED) is 0.725. The number of nitrogens with one attached hydrogen (secondary N) is 2. The molecule has 0 bridgehead atoms. The van der Waals surface area contributed by atoms with Crippen LogP contribution in [0.3, 0.4) is 0 Å². The third-order valence-electron chi connectivity index (χ3n) is 4.18. The van der Waals surface area contributed by atoms with E-state index in [1.54, 1.807) is 0 Å². The second-order valence-corrected chi connectivity index (χ2v) is 8.06. The van der Waals surface area contributed by atoms with Gasteiger partial charge in [-0.2, -0.15) is 0 Å². The van der Waals surface area contributed by atoms with Crippen LogP contribution in [0.5, 0.6) is 0 Å². The van der Waals surface area contributed by atoms with Gasteiger partial charge in [0, 0.05) is 24.1 Å². The summed E-state index contributed by atoms with van der Waals surface area (Å²) in [5.41, 5.74) is 4.77. The number of benzene rings is 2. The first-order chi connectivity index (χ1) is 12.8. The van der Waals surface area contributed by atoms with Gasteiger partial charge in [-0.1, -0.05) is 55.0 Å². The highest BCUT2D eigenvalue weighted by Gasteiger charge is 2.10. The van der Waals surface area contributed by atoms with E-state index in [1.165, 1.54) is 6.08 Å². The van der Waals surface area contributed by atoms with Gasteiger partial charge in [-0.25, -0.2) is 13.1 Å². The predicted octanol–water partition coefficient (Wildman–Crippen LogP) is 3.78. The van der Waals surface area contributed by atoms with E-state index >= 15 is 0 Å². The van der Waals surface area contributed by atoms with Crippen molar-refractivity contribution in [3.8, 4) is 0 Å². The summed E-state index contributed by atoms with van der Waals surface area (Å²) in [7, 11) is -3.59. The second-order valence-electron chi connectivity index (χ2n) is 6.41. The number of anilines is 1. The third-order valence-corrected chi connectivity index (χ3v) is 5.28. The Morgan fingerprint density at radius 1 is 1.07 bits per heavy atom. The van der Waals surface area contributed by atoms with Gasteiger partial charge in [-0.05, 0) is 43.0 Å². The molecule has 0 fully saturated rings. The Labute approximate surface area is 161 Å². The fourth-order valence-electron chi connectivity index (χ4n) is 2.60. The molecular formula is C21H26N2O3S. The van der Waals surface area contributed by atoms with E-state index in [1.807, 2.05) is 63.2 Å². The summed E-state index contributed by atoms with van der Waals surface area (Å²) in [5, 5.41) is 4.00. The Kier molecular flexibility index (Phi) is 7.33. The highest BCUT2D eigenvalue weighted by Crippen LogP contribution is 2.21. The van der Waals surface area contributed by atoms with Gasteiger partial charge in [0.15, 0.2) is 0 Å². The normalized spacial score (nSPS) is 11.7. The molecule has 0 radical (unpaired) electrons. The molecule has 2 N–H and O–H groups in total. The molecule has 2 aromatic rings. The Hall–Kier alpha value is -2.44. The molecule has 2 rings (SSSR count). The molecule has 0 saturated carbocycles. The largest absolute Gasteiger partial charge is 0.326 e. The smallest absolute Gasteiger partial charge is 0.233 e. The zero-order valence-electron chi connectivity index (χ0n) is 16.0. The standard InChI is InChI=1S/C21H26N2O3S/c1-4-19-7-5-6-17(3)21(19)23-20(24)12-14-22-27(25,26)15-13-18-10-8-16(2)9-11-18/h5-11,13,15,22H,4,12,14H2,1-3H3,(H,23,24)/b15-13+. The van der Waals surface area contributed by atoms with Gasteiger partial charge in [-0.3, -0.25) is 4.79 Å². The molecule has 0 aliphatic heterocycles. The van der Waals surface area contributed by atoms with Crippen LogP contribution in [-0.4, -0.2) is 20.9 Å². The molecule has 0 spiro atoms. The van der Waals surface area contributed by atoms with Crippen molar-refractivity contribution in [3.05, 3.63) is 70.1 Å². The second kappa shape index (κ2) is 9.48. The number of carbonyl (C=O) groups is 1. The molecule has 0 atom stereocenters. The number of hydrogen-bond acceptors (Lipinski definition) is 3. The molecule has 0 unspecified atom stereocenters. The molecule has 0 heterocycles. The monoisotopic (exact) mass is 386 g/mol. The minimum atomic E-state index is -3.59. The van der Waals surface area contributed by atoms with Gasteiger partial charge in [0.25, 0.3) is 0 Å². The van der Waals surface area contributed by atoms with Gasteiger partial charge >= 0.3 is 0 Å². The van der Waals surface area contributed by atoms with Crippen molar-refractivity contribution in [3.63, 3.8) is 0 Å². The zero-order chi connectivity index (χ0) is 19.9. The molecule has 1 amide bonds. The van der Waals surface area contributed by atoms with Crippen molar-refractivity contribution >= 4 is 27.7 Å². The molecule has 0 aromatic heterocycles. The van der Waals surface area contributed by atoms with E-state index in [9.17, 15) is 13.2 Å². The summed E-state index contributed by atoms with van der Waals surface area (Å²) >= 11 is 0. The van der Waals surface area contributed by atoms with Crippen LogP contribution in [0, 0.1) is 13.8 Å². The fourth-order valence-corrected chi connectivity index (χ4v) is 3.42. The molecule has 0 aliphatic carbocycles. The van der Waals surface area contributed by atoms with Crippen LogP contribution in [0.1, 0.15) is 35.6 Å². The number of sulfonamides is 1. The summed E-state index contributed by atoms with van der Waals surface area (Å²) in [5.74, 6) is -0.218. The van der Waals surface area contributed by atoms with Gasteiger partial charge in [0.05, 0.1) is 0 Å². The third kappa shape index (κ3) is 6.66. The lowest BCUT2D eigenvalue weighted by atomic mass is 10.1. The van der Waals surface area contributed by atoms with Gasteiger partial charge in [0.2, 0.25) is 15.9 Å². The van der Waals surface area contributed by atoms with Crippen molar-refractivity contribution in [2.45, 2.75) is 33.6 Å². The van der Waals surface area contributed by atoms with Gasteiger partial charge in [0.1, 0.15) is 0 Å². The first kappa shape index (κ1) is 20.9. The number of aryl methyl sites for hydroxylation is 3. The van der Waals surface area contributed by atoms with Crippen LogP contribution < -0.4 is 10.0 Å². The van der Waals surface area contributed by atoms with Crippen molar-refractivity contribution in [1.29, 1.82) is 0 Å². The summed E-state index contributed by atoms with van der Waals surface area (Å²) in [6.45, 7) is 5.98. The molecule has 0 aliphatic rings. The molecule has 144 valence electrons. The molecule has 2 aromatic carbocycles. The number of carbonyl (C=O) groups excluding carboxylic acids is 1. The SMILES string of the molecule is CCc1cccc(C)c1NC(=O)CCNS(=O)(=O)/C=C/c1ccc(C)cc1. The van der Waals surface area contributed by atoms with Crippen LogP contribution in [0.2, 0.25) is 0 Å². The maximum absolute atomic E-state index is 12.2. The van der Waals surface area contributed by atoms with Crippen LogP contribution >= 0.6 is 0 Å². The van der Waals surface area contributed by atoms with Crippen molar-refractivity contribution in [2.75, 3.05) is 11.9 Å². The van der Waals surface area contributed by atoms with Gasteiger partial charge < -0.3 is 5.32 Å². The average molecular weight is 387 g/mol. The van der Waals surface area contributed by atoms with Crippen molar-refractivity contribution < 1.29 is 13.2 Å². The Morgan fingerprint density at radius 3 is 2.44 bits per heavy atom. The molecule has 27 heavy (non-hydrogen) atoms. The summed E-state index contributed by atoms with van der Waals surface area (Å²) in [6.07, 6.45) is 2.41. The Morgan fingerprint density at radius 2 is 1.78 bits per heavy atom. The van der Waals surface area contributed by atoms with E-state index in [4.69, 9.17) is 0 Å². The Balaban J connectivity index is 1.88. The highest BCUT2D eigenvalue weighted by molar-refractivity contribution is 7.92. The topological polar surface area (TPSA) is 75.3 Å². The lowest BCUT2D eigenvalue weighted by Crippen LogP contribution is -2.26. The van der Waals surface area contributed by atoms with Crippen LogP contribution in [0.4, 0.5) is 5.69 Å². The van der Waals surface area contributed by atoms with Crippen LogP contribution in [-0.2, 0) is 21.2 Å². The van der Waals surface area contributed by atoms with E-state index < -0.39 is 10.0 Å². The maximum atomic E-state index is 12.2. The molecular weight excluding hydrogens is 360 g/mol. The summed E-state index contributed by atoms with van der Waals surface area (Å²) in [4.78, 5) is 12.2. The minimum absolute atomic E-state index is 0.0414. The number of amides is 1. The summed E-state index contributed by atoms with van der Waals surface area (Å²) in [6, 6.07) is 13.4. The molecule has 5 nitrogen and oxygen atoms in total. The number of para-hydroxylation sites is 1. The van der Waals surface area contributed by atoms with Crippen molar-refractivity contribution in [2.24, 2.45) is 0 Å². The van der Waals surface area contributed by atoms with Crippen molar-refractivity contribution in [1.82, 2.24) is 4.72 Å². The average Bonchev–Trinajstić information content (AvgIpc) is 2.63. The minimum Gasteiger partial charge on any atom is -0.326 e. The van der Waals surface area contributed by atoms with E-state index in [0.717, 1.165) is 39.8 Å². The highest BCUT2D eigenvalue weighted by atomic mass is 32.2. The first-order valence-corrected chi connectivity index (χ1v) is 10.5. The molecule has 6 heteroatoms. The lowest BCUT2D eigenvalue weighted by molar-refractivity contribution is -0.116.